The molecule has 1 aromatic rings. The molecule has 2 N–H and O–H groups in total. The number of hydrogen-bond donors (Lipinski definition) is 1. The summed E-state index contributed by atoms with van der Waals surface area (Å²) in [6, 6.07) is 4.28. The molecule has 1 fully saturated rings. The molecular weight excluding hydrogens is 266 g/mol. The van der Waals surface area contributed by atoms with Crippen LogP contribution in [-0.4, -0.2) is 48.9 Å². The fourth-order valence-electron chi connectivity index (χ4n) is 3.22. The van der Waals surface area contributed by atoms with Crippen LogP contribution in [0.2, 0.25) is 0 Å². The first-order valence-corrected chi connectivity index (χ1v) is 7.71. The summed E-state index contributed by atoms with van der Waals surface area (Å²) in [5.74, 6) is 2.35. The van der Waals surface area contributed by atoms with Crippen molar-refractivity contribution >= 4 is 5.91 Å². The van der Waals surface area contributed by atoms with Crippen LogP contribution in [-0.2, 0) is 11.3 Å². The first-order chi connectivity index (χ1) is 10.0. The van der Waals surface area contributed by atoms with Gasteiger partial charge in [-0.05, 0) is 51.4 Å². The van der Waals surface area contributed by atoms with Crippen LogP contribution < -0.4 is 5.73 Å². The SMILES string of the molecule is Cc1ccc(CN(C)C(=O)CN(C)C2CCCC2CN)o1. The molecule has 1 aliphatic rings. The van der Waals surface area contributed by atoms with Crippen LogP contribution in [0.25, 0.3) is 0 Å². The van der Waals surface area contributed by atoms with Crippen molar-refractivity contribution in [2.75, 3.05) is 27.2 Å². The number of rotatable bonds is 6. The average molecular weight is 293 g/mol. The van der Waals surface area contributed by atoms with Crippen LogP contribution in [0.15, 0.2) is 16.5 Å². The lowest BCUT2D eigenvalue weighted by Crippen LogP contribution is -2.43. The van der Waals surface area contributed by atoms with Crippen LogP contribution in [0.4, 0.5) is 0 Å². The van der Waals surface area contributed by atoms with Crippen LogP contribution in [0.3, 0.4) is 0 Å². The highest BCUT2D eigenvalue weighted by atomic mass is 16.3. The van der Waals surface area contributed by atoms with E-state index in [1.807, 2.05) is 33.2 Å². The number of nitrogens with zero attached hydrogens (tertiary/aromatic N) is 2. The number of hydrogen-bond acceptors (Lipinski definition) is 4. The maximum absolute atomic E-state index is 12.3. The molecule has 5 nitrogen and oxygen atoms in total. The molecule has 0 bridgehead atoms. The summed E-state index contributed by atoms with van der Waals surface area (Å²) in [7, 11) is 3.85. The summed E-state index contributed by atoms with van der Waals surface area (Å²) in [5.41, 5.74) is 5.82. The standard InChI is InChI=1S/C16H27N3O2/c1-12-7-8-14(21-12)10-19(3)16(20)11-18(2)15-6-4-5-13(15)9-17/h7-8,13,15H,4-6,9-11,17H2,1-3H3. The molecule has 0 spiro atoms. The minimum Gasteiger partial charge on any atom is -0.464 e. The molecule has 1 heterocycles. The van der Waals surface area contributed by atoms with Crippen LogP contribution >= 0.6 is 0 Å². The second-order valence-electron chi connectivity index (χ2n) is 6.17. The largest absolute Gasteiger partial charge is 0.464 e. The molecule has 118 valence electrons. The van der Waals surface area contributed by atoms with Crippen molar-refractivity contribution in [3.8, 4) is 0 Å². The van der Waals surface area contributed by atoms with Crippen LogP contribution in [0.1, 0.15) is 30.8 Å². The number of furan rings is 1. The van der Waals surface area contributed by atoms with Gasteiger partial charge in [-0.15, -0.1) is 0 Å². The first-order valence-electron chi connectivity index (χ1n) is 7.71. The fourth-order valence-corrected chi connectivity index (χ4v) is 3.22. The Labute approximate surface area is 127 Å². The Hall–Kier alpha value is -1.33. The lowest BCUT2D eigenvalue weighted by atomic mass is 10.0. The third-order valence-electron chi connectivity index (χ3n) is 4.49. The molecule has 0 aliphatic heterocycles. The zero-order chi connectivity index (χ0) is 15.4. The van der Waals surface area contributed by atoms with Crippen LogP contribution in [0, 0.1) is 12.8 Å². The van der Waals surface area contributed by atoms with Gasteiger partial charge in [0.15, 0.2) is 0 Å². The maximum atomic E-state index is 12.3. The zero-order valence-electron chi connectivity index (χ0n) is 13.3. The number of carbonyl (C=O) groups excluding carboxylic acids is 1. The summed E-state index contributed by atoms with van der Waals surface area (Å²) in [5, 5.41) is 0. The van der Waals surface area contributed by atoms with Gasteiger partial charge in [0.05, 0.1) is 13.1 Å². The topological polar surface area (TPSA) is 62.7 Å². The molecule has 1 aliphatic carbocycles. The molecular formula is C16H27N3O2. The normalized spacial score (nSPS) is 22.0. The Morgan fingerprint density at radius 1 is 1.38 bits per heavy atom. The van der Waals surface area contributed by atoms with E-state index in [1.54, 1.807) is 4.90 Å². The molecule has 1 saturated carbocycles. The highest BCUT2D eigenvalue weighted by molar-refractivity contribution is 5.77. The van der Waals surface area contributed by atoms with Gasteiger partial charge in [-0.3, -0.25) is 9.69 Å². The Kier molecular flexibility index (Phi) is 5.42. The molecule has 2 unspecified atom stereocenters. The average Bonchev–Trinajstić information content (AvgIpc) is 3.07. The molecule has 1 amide bonds. The van der Waals surface area contributed by atoms with Crippen molar-refractivity contribution in [1.82, 2.24) is 9.80 Å². The zero-order valence-corrected chi connectivity index (χ0v) is 13.3. The number of aryl methyl sites for hydroxylation is 1. The molecule has 5 heteroatoms. The van der Waals surface area contributed by atoms with Crippen molar-refractivity contribution in [2.45, 2.75) is 38.8 Å². The summed E-state index contributed by atoms with van der Waals surface area (Å²) in [6.45, 7) is 3.58. The summed E-state index contributed by atoms with van der Waals surface area (Å²) in [4.78, 5) is 16.2. The lowest BCUT2D eigenvalue weighted by molar-refractivity contribution is -0.132. The number of amides is 1. The predicted molar refractivity (Wildman–Crippen MR) is 82.7 cm³/mol. The fraction of sp³-hybridized carbons (Fsp3) is 0.688. The molecule has 0 aromatic carbocycles. The van der Waals surface area contributed by atoms with Crippen LogP contribution in [0.5, 0.6) is 0 Å². The smallest absolute Gasteiger partial charge is 0.236 e. The summed E-state index contributed by atoms with van der Waals surface area (Å²) < 4.78 is 5.52. The maximum Gasteiger partial charge on any atom is 0.236 e. The first kappa shape index (κ1) is 16.0. The van der Waals surface area contributed by atoms with Gasteiger partial charge in [-0.25, -0.2) is 0 Å². The Morgan fingerprint density at radius 2 is 2.14 bits per heavy atom. The third kappa shape index (κ3) is 4.08. The van der Waals surface area contributed by atoms with Crippen molar-refractivity contribution in [2.24, 2.45) is 11.7 Å². The number of nitrogens with two attached hydrogens (primary N) is 1. The van der Waals surface area contributed by atoms with Gasteiger partial charge in [0.25, 0.3) is 0 Å². The highest BCUT2D eigenvalue weighted by Gasteiger charge is 2.30. The van der Waals surface area contributed by atoms with E-state index < -0.39 is 0 Å². The van der Waals surface area contributed by atoms with E-state index in [-0.39, 0.29) is 5.91 Å². The van der Waals surface area contributed by atoms with E-state index >= 15 is 0 Å². The van der Waals surface area contributed by atoms with E-state index in [9.17, 15) is 4.79 Å². The quantitative estimate of drug-likeness (QED) is 0.865. The number of likely N-dealkylation sites (N-methyl/N-ethyl adjacent to an activating group) is 2. The van der Waals surface area contributed by atoms with E-state index in [2.05, 4.69) is 4.90 Å². The molecule has 1 aromatic heterocycles. The van der Waals surface area contributed by atoms with Gasteiger partial charge in [-0.1, -0.05) is 6.42 Å². The van der Waals surface area contributed by atoms with Crippen molar-refractivity contribution < 1.29 is 9.21 Å². The lowest BCUT2D eigenvalue weighted by Gasteiger charge is -2.30. The summed E-state index contributed by atoms with van der Waals surface area (Å²) >= 11 is 0. The van der Waals surface area contributed by atoms with E-state index in [0.29, 0.717) is 31.6 Å². The predicted octanol–water partition coefficient (Wildman–Crippen LogP) is 1.61. The Bertz CT molecular complexity index is 472. The minimum atomic E-state index is 0.120. The van der Waals surface area contributed by atoms with Gasteiger partial charge in [0, 0.05) is 13.1 Å². The molecule has 2 atom stereocenters. The number of carbonyl (C=O) groups is 1. The van der Waals surface area contributed by atoms with Gasteiger partial charge in [0.2, 0.25) is 5.91 Å². The molecule has 0 radical (unpaired) electrons. The molecule has 0 saturated heterocycles. The van der Waals surface area contributed by atoms with Gasteiger partial charge in [-0.2, -0.15) is 0 Å². The van der Waals surface area contributed by atoms with Gasteiger partial charge >= 0.3 is 0 Å². The van der Waals surface area contributed by atoms with E-state index in [1.165, 1.54) is 12.8 Å². The van der Waals surface area contributed by atoms with Gasteiger partial charge in [0.1, 0.15) is 11.5 Å². The second-order valence-corrected chi connectivity index (χ2v) is 6.17. The second kappa shape index (κ2) is 7.09. The molecule has 2 rings (SSSR count). The highest BCUT2D eigenvalue weighted by Crippen LogP contribution is 2.28. The summed E-state index contributed by atoms with van der Waals surface area (Å²) in [6.07, 6.45) is 3.54. The Balaban J connectivity index is 1.85. The van der Waals surface area contributed by atoms with Crippen molar-refractivity contribution in [1.29, 1.82) is 0 Å². The Morgan fingerprint density at radius 3 is 2.76 bits per heavy atom. The van der Waals surface area contributed by atoms with E-state index in [4.69, 9.17) is 10.2 Å². The van der Waals surface area contributed by atoms with Gasteiger partial charge < -0.3 is 15.1 Å². The minimum absolute atomic E-state index is 0.120. The van der Waals surface area contributed by atoms with Crippen molar-refractivity contribution in [3.63, 3.8) is 0 Å². The van der Waals surface area contributed by atoms with E-state index in [0.717, 1.165) is 17.9 Å². The third-order valence-corrected chi connectivity index (χ3v) is 4.49. The molecule has 21 heavy (non-hydrogen) atoms. The van der Waals surface area contributed by atoms with Crippen molar-refractivity contribution in [3.05, 3.63) is 23.7 Å². The monoisotopic (exact) mass is 293 g/mol.